The van der Waals surface area contributed by atoms with Gasteiger partial charge in [-0.3, -0.25) is 9.89 Å². The van der Waals surface area contributed by atoms with Crippen molar-refractivity contribution in [3.8, 4) is 11.5 Å². The zero-order chi connectivity index (χ0) is 21.6. The highest BCUT2D eigenvalue weighted by atomic mass is 127. The van der Waals surface area contributed by atoms with Gasteiger partial charge in [0.25, 0.3) is 0 Å². The molecule has 2 fully saturated rings. The maximum absolute atomic E-state index is 5.51. The van der Waals surface area contributed by atoms with Crippen molar-refractivity contribution in [2.75, 3.05) is 66.7 Å². The van der Waals surface area contributed by atoms with Crippen LogP contribution in [0.1, 0.15) is 32.8 Å². The summed E-state index contributed by atoms with van der Waals surface area (Å²) < 4.78 is 16.4. The van der Waals surface area contributed by atoms with Crippen molar-refractivity contribution < 1.29 is 14.2 Å². The third-order valence-corrected chi connectivity index (χ3v) is 6.15. The van der Waals surface area contributed by atoms with E-state index in [0.29, 0.717) is 12.6 Å². The standard InChI is InChI=1S/C23H38N4O3.HI/c1-6-24-22(27-10-9-19(16-27)26-11-13-30-14-12-26)25-17-23(2,3)18-7-8-20(28-4)21(15-18)29-5;/h7-8,15,19H,6,9-14,16-17H2,1-5H3,(H,24,25);1H. The number of hydrogen-bond donors (Lipinski definition) is 1. The minimum Gasteiger partial charge on any atom is -0.493 e. The number of hydrogen-bond acceptors (Lipinski definition) is 5. The molecule has 2 saturated heterocycles. The highest BCUT2D eigenvalue weighted by Gasteiger charge is 2.31. The van der Waals surface area contributed by atoms with Crippen molar-refractivity contribution in [1.82, 2.24) is 15.1 Å². The second kappa shape index (κ2) is 12.1. The van der Waals surface area contributed by atoms with E-state index in [1.165, 1.54) is 12.0 Å². The fourth-order valence-corrected chi connectivity index (χ4v) is 4.22. The normalized spacial score (nSPS) is 20.4. The number of guanidine groups is 1. The second-order valence-electron chi connectivity index (χ2n) is 8.66. The van der Waals surface area contributed by atoms with Crippen LogP contribution >= 0.6 is 24.0 Å². The number of aliphatic imine (C=N–C) groups is 1. The average Bonchev–Trinajstić information content (AvgIpc) is 3.27. The number of benzene rings is 1. The molecule has 8 heteroatoms. The van der Waals surface area contributed by atoms with Crippen molar-refractivity contribution in [3.63, 3.8) is 0 Å². The summed E-state index contributed by atoms with van der Waals surface area (Å²) in [6.45, 7) is 14.0. The molecule has 0 aromatic heterocycles. The van der Waals surface area contributed by atoms with Crippen LogP contribution in [0.15, 0.2) is 23.2 Å². The van der Waals surface area contributed by atoms with E-state index in [1.807, 2.05) is 6.07 Å². The lowest BCUT2D eigenvalue weighted by molar-refractivity contribution is 0.0195. The Labute approximate surface area is 204 Å². The summed E-state index contributed by atoms with van der Waals surface area (Å²) in [6.07, 6.45) is 1.18. The molecule has 3 rings (SSSR count). The van der Waals surface area contributed by atoms with E-state index in [2.05, 4.69) is 48.0 Å². The molecule has 7 nitrogen and oxygen atoms in total. The van der Waals surface area contributed by atoms with E-state index in [9.17, 15) is 0 Å². The highest BCUT2D eigenvalue weighted by Crippen LogP contribution is 2.33. The smallest absolute Gasteiger partial charge is 0.193 e. The Morgan fingerprint density at radius 2 is 1.87 bits per heavy atom. The summed E-state index contributed by atoms with van der Waals surface area (Å²) in [6, 6.07) is 6.73. The fourth-order valence-electron chi connectivity index (χ4n) is 4.22. The molecule has 0 spiro atoms. The molecule has 0 amide bonds. The van der Waals surface area contributed by atoms with Crippen LogP contribution in [0.3, 0.4) is 0 Å². The number of methoxy groups -OCH3 is 2. The molecule has 2 aliphatic heterocycles. The van der Waals surface area contributed by atoms with Gasteiger partial charge in [0.1, 0.15) is 0 Å². The maximum Gasteiger partial charge on any atom is 0.193 e. The van der Waals surface area contributed by atoms with Crippen LogP contribution in [0.25, 0.3) is 0 Å². The first kappa shape index (κ1) is 26.0. The lowest BCUT2D eigenvalue weighted by Gasteiger charge is -2.32. The topological polar surface area (TPSA) is 58.6 Å². The van der Waals surface area contributed by atoms with Crippen molar-refractivity contribution in [3.05, 3.63) is 23.8 Å². The number of halogens is 1. The van der Waals surface area contributed by atoms with Crippen molar-refractivity contribution in [1.29, 1.82) is 0 Å². The van der Waals surface area contributed by atoms with Gasteiger partial charge in [0, 0.05) is 44.2 Å². The van der Waals surface area contributed by atoms with Crippen LogP contribution in [-0.2, 0) is 10.2 Å². The van der Waals surface area contributed by atoms with Crippen LogP contribution in [0.5, 0.6) is 11.5 Å². The number of nitrogens with zero attached hydrogens (tertiary/aromatic N) is 3. The molecule has 1 unspecified atom stereocenters. The largest absolute Gasteiger partial charge is 0.493 e. The summed E-state index contributed by atoms with van der Waals surface area (Å²) >= 11 is 0. The van der Waals surface area contributed by atoms with Gasteiger partial charge in [-0.2, -0.15) is 0 Å². The quantitative estimate of drug-likeness (QED) is 0.323. The van der Waals surface area contributed by atoms with Gasteiger partial charge in [0.2, 0.25) is 0 Å². The maximum atomic E-state index is 5.51. The number of rotatable bonds is 7. The minimum atomic E-state index is -0.121. The Morgan fingerprint density at radius 3 is 2.52 bits per heavy atom. The first-order valence-corrected chi connectivity index (χ1v) is 11.1. The van der Waals surface area contributed by atoms with Gasteiger partial charge < -0.3 is 24.4 Å². The van der Waals surface area contributed by atoms with Crippen molar-refractivity contribution >= 4 is 29.9 Å². The predicted octanol–water partition coefficient (Wildman–Crippen LogP) is 2.97. The Kier molecular flexibility index (Phi) is 10.2. The number of ether oxygens (including phenoxy) is 3. The Balaban J connectivity index is 0.00000341. The van der Waals surface area contributed by atoms with Crippen LogP contribution < -0.4 is 14.8 Å². The summed E-state index contributed by atoms with van der Waals surface area (Å²) in [4.78, 5) is 10.0. The van der Waals surface area contributed by atoms with Gasteiger partial charge in [0.15, 0.2) is 17.5 Å². The number of nitrogens with one attached hydrogen (secondary N) is 1. The predicted molar refractivity (Wildman–Crippen MR) is 136 cm³/mol. The zero-order valence-electron chi connectivity index (χ0n) is 19.6. The van der Waals surface area contributed by atoms with Crippen molar-refractivity contribution in [2.45, 2.75) is 38.6 Å². The summed E-state index contributed by atoms with van der Waals surface area (Å²) in [5.74, 6) is 2.52. The molecule has 1 aromatic rings. The molecule has 2 heterocycles. The van der Waals surface area contributed by atoms with E-state index < -0.39 is 0 Å². The molecular formula is C23H39IN4O3. The average molecular weight is 546 g/mol. The van der Waals surface area contributed by atoms with E-state index in [0.717, 1.165) is 63.4 Å². The molecule has 1 aromatic carbocycles. The molecule has 2 aliphatic rings. The van der Waals surface area contributed by atoms with Gasteiger partial charge in [-0.05, 0) is 31.0 Å². The Hall–Kier alpha value is -1.26. The lowest BCUT2D eigenvalue weighted by atomic mass is 9.84. The third kappa shape index (κ3) is 6.61. The molecule has 0 radical (unpaired) electrons. The van der Waals surface area contributed by atoms with Crippen molar-refractivity contribution in [2.24, 2.45) is 4.99 Å². The summed E-state index contributed by atoms with van der Waals surface area (Å²) in [5, 5.41) is 3.50. The van der Waals surface area contributed by atoms with Crippen LogP contribution in [-0.4, -0.2) is 88.5 Å². The van der Waals surface area contributed by atoms with Gasteiger partial charge in [-0.25, -0.2) is 0 Å². The molecule has 0 bridgehead atoms. The summed E-state index contributed by atoms with van der Waals surface area (Å²) in [7, 11) is 3.34. The van der Waals surface area contributed by atoms with Gasteiger partial charge in [-0.15, -0.1) is 24.0 Å². The molecule has 1 N–H and O–H groups in total. The lowest BCUT2D eigenvalue weighted by Crippen LogP contribution is -2.47. The number of likely N-dealkylation sites (tertiary alicyclic amines) is 1. The molecule has 0 saturated carbocycles. The first-order chi connectivity index (χ1) is 14.5. The molecule has 31 heavy (non-hydrogen) atoms. The van der Waals surface area contributed by atoms with Gasteiger partial charge in [0.05, 0.1) is 34.0 Å². The van der Waals surface area contributed by atoms with Gasteiger partial charge in [-0.1, -0.05) is 19.9 Å². The highest BCUT2D eigenvalue weighted by molar-refractivity contribution is 14.0. The van der Waals surface area contributed by atoms with Crippen LogP contribution in [0.2, 0.25) is 0 Å². The van der Waals surface area contributed by atoms with E-state index in [4.69, 9.17) is 19.2 Å². The van der Waals surface area contributed by atoms with Crippen LogP contribution in [0.4, 0.5) is 0 Å². The molecule has 1 atom stereocenters. The third-order valence-electron chi connectivity index (χ3n) is 6.15. The van der Waals surface area contributed by atoms with Crippen LogP contribution in [0, 0.1) is 0 Å². The second-order valence-corrected chi connectivity index (χ2v) is 8.66. The Morgan fingerprint density at radius 1 is 1.16 bits per heavy atom. The molecule has 0 aliphatic carbocycles. The molecular weight excluding hydrogens is 507 g/mol. The van der Waals surface area contributed by atoms with E-state index >= 15 is 0 Å². The van der Waals surface area contributed by atoms with E-state index in [1.54, 1.807) is 14.2 Å². The number of morpholine rings is 1. The zero-order valence-corrected chi connectivity index (χ0v) is 22.0. The summed E-state index contributed by atoms with van der Waals surface area (Å²) in [5.41, 5.74) is 1.07. The fraction of sp³-hybridized carbons (Fsp3) is 0.696. The van der Waals surface area contributed by atoms with E-state index in [-0.39, 0.29) is 29.4 Å². The molecule has 176 valence electrons. The Bertz CT molecular complexity index is 723. The first-order valence-electron chi connectivity index (χ1n) is 11.1. The monoisotopic (exact) mass is 546 g/mol. The van der Waals surface area contributed by atoms with Gasteiger partial charge >= 0.3 is 0 Å². The minimum absolute atomic E-state index is 0. The SMILES string of the molecule is CCNC(=NCC(C)(C)c1ccc(OC)c(OC)c1)N1CCC(N2CCOCC2)C1.I.